The maximum absolute atomic E-state index is 12.6. The highest BCUT2D eigenvalue weighted by atomic mass is 16.3. The van der Waals surface area contributed by atoms with Crippen molar-refractivity contribution in [3.63, 3.8) is 0 Å². The van der Waals surface area contributed by atoms with Crippen LogP contribution in [0.15, 0.2) is 42.5 Å². The monoisotopic (exact) mass is 466 g/mol. The second-order valence-electron chi connectivity index (χ2n) is 9.78. The summed E-state index contributed by atoms with van der Waals surface area (Å²) < 4.78 is 0. The molecule has 0 aromatic heterocycles. The van der Waals surface area contributed by atoms with Gasteiger partial charge >= 0.3 is 0 Å². The molecule has 0 heterocycles. The molecule has 0 unspecified atom stereocenters. The Hall–Kier alpha value is -2.29. The minimum Gasteiger partial charge on any atom is -0.508 e. The minimum absolute atomic E-state index is 0.0526. The molecule has 0 spiro atoms. The molecule has 2 N–H and O–H groups in total. The first-order valence-corrected chi connectivity index (χ1v) is 13.8. The van der Waals surface area contributed by atoms with Crippen LogP contribution in [0, 0.1) is 0 Å². The van der Waals surface area contributed by atoms with Gasteiger partial charge in [-0.1, -0.05) is 128 Å². The summed E-state index contributed by atoms with van der Waals surface area (Å²) >= 11 is 0. The molecule has 188 valence electrons. The van der Waals surface area contributed by atoms with E-state index < -0.39 is 0 Å². The van der Waals surface area contributed by atoms with Gasteiger partial charge in [0, 0.05) is 11.6 Å². The highest BCUT2D eigenvalue weighted by molar-refractivity contribution is 6.10. The number of aromatic hydroxyl groups is 2. The number of phenolic OH excluding ortho intramolecular Hbond substituents is 2. The van der Waals surface area contributed by atoms with Crippen molar-refractivity contribution < 1.29 is 15.0 Å². The lowest BCUT2D eigenvalue weighted by Crippen LogP contribution is -2.01. The molecule has 3 heteroatoms. The lowest BCUT2D eigenvalue weighted by atomic mass is 9.99. The van der Waals surface area contributed by atoms with Gasteiger partial charge in [-0.25, -0.2) is 0 Å². The fraction of sp³-hybridized carbons (Fsp3) is 0.581. The van der Waals surface area contributed by atoms with Crippen molar-refractivity contribution in [2.24, 2.45) is 0 Å². The van der Waals surface area contributed by atoms with E-state index in [2.05, 4.69) is 6.92 Å². The third-order valence-electron chi connectivity index (χ3n) is 6.76. The Kier molecular flexibility index (Phi) is 14.1. The molecule has 2 aromatic rings. The molecule has 0 fully saturated rings. The molecule has 0 saturated heterocycles. The summed E-state index contributed by atoms with van der Waals surface area (Å²) in [7, 11) is 0. The Labute approximate surface area is 207 Å². The molecule has 0 saturated carbocycles. The van der Waals surface area contributed by atoms with E-state index in [1.54, 1.807) is 0 Å². The van der Waals surface area contributed by atoms with Crippen molar-refractivity contribution in [2.75, 3.05) is 0 Å². The number of carbonyl (C=O) groups is 1. The number of ketones is 1. The van der Waals surface area contributed by atoms with Gasteiger partial charge in [0.25, 0.3) is 0 Å². The largest absolute Gasteiger partial charge is 0.508 e. The zero-order chi connectivity index (χ0) is 24.4. The number of benzene rings is 2. The quantitative estimate of drug-likeness (QED) is 0.160. The lowest BCUT2D eigenvalue weighted by Gasteiger charge is -2.06. The minimum atomic E-state index is -0.230. The number of carbonyl (C=O) groups excluding carboxylic acids is 1. The summed E-state index contributed by atoms with van der Waals surface area (Å²) in [6.07, 6.45) is 23.1. The molecule has 0 amide bonds. The number of phenols is 2. The van der Waals surface area contributed by atoms with Crippen molar-refractivity contribution in [2.45, 2.75) is 116 Å². The van der Waals surface area contributed by atoms with E-state index in [0.29, 0.717) is 5.56 Å². The van der Waals surface area contributed by atoms with E-state index >= 15 is 0 Å². The predicted molar refractivity (Wildman–Crippen MR) is 143 cm³/mol. The maximum atomic E-state index is 12.6. The van der Waals surface area contributed by atoms with Crippen LogP contribution in [0.5, 0.6) is 11.5 Å². The van der Waals surface area contributed by atoms with Crippen molar-refractivity contribution in [3.05, 3.63) is 59.2 Å². The van der Waals surface area contributed by atoms with Crippen molar-refractivity contribution in [1.82, 2.24) is 0 Å². The summed E-state index contributed by atoms with van der Waals surface area (Å²) in [5.74, 6) is -0.475. The highest BCUT2D eigenvalue weighted by Gasteiger charge is 2.13. The molecule has 0 radical (unpaired) electrons. The molecule has 0 aliphatic rings. The molecular weight excluding hydrogens is 420 g/mol. The standard InChI is InChI=1S/C31H46O3/c1-2-3-4-5-6-7-8-9-10-11-12-13-14-15-16-17-18-26-19-21-27(22-20-26)31(34)29-24-23-28(32)25-30(29)33/h19-25,32-33H,2-18H2,1H3. The Bertz CT molecular complexity index is 810. The van der Waals surface area contributed by atoms with Crippen LogP contribution in [0.4, 0.5) is 0 Å². The molecule has 3 nitrogen and oxygen atoms in total. The Morgan fingerprint density at radius 3 is 1.56 bits per heavy atom. The van der Waals surface area contributed by atoms with Crippen molar-refractivity contribution in [3.8, 4) is 11.5 Å². The fourth-order valence-electron chi connectivity index (χ4n) is 4.57. The van der Waals surface area contributed by atoms with E-state index in [4.69, 9.17) is 0 Å². The van der Waals surface area contributed by atoms with Gasteiger partial charge in [0.1, 0.15) is 11.5 Å². The zero-order valence-corrected chi connectivity index (χ0v) is 21.4. The van der Waals surface area contributed by atoms with E-state index in [-0.39, 0.29) is 22.8 Å². The van der Waals surface area contributed by atoms with E-state index in [0.717, 1.165) is 6.42 Å². The summed E-state index contributed by atoms with van der Waals surface area (Å²) in [5.41, 5.74) is 2.01. The summed E-state index contributed by atoms with van der Waals surface area (Å²) in [6, 6.07) is 11.7. The summed E-state index contributed by atoms with van der Waals surface area (Å²) in [6.45, 7) is 2.28. The van der Waals surface area contributed by atoms with Gasteiger partial charge in [0.15, 0.2) is 5.78 Å². The van der Waals surface area contributed by atoms with Crippen molar-refractivity contribution >= 4 is 5.78 Å². The van der Waals surface area contributed by atoms with E-state index in [1.807, 2.05) is 24.3 Å². The molecular formula is C31H46O3. The second kappa shape index (κ2) is 17.2. The molecule has 2 aromatic carbocycles. The average Bonchev–Trinajstić information content (AvgIpc) is 2.84. The Morgan fingerprint density at radius 2 is 1.09 bits per heavy atom. The molecule has 0 bridgehead atoms. The second-order valence-corrected chi connectivity index (χ2v) is 9.78. The Morgan fingerprint density at radius 1 is 0.618 bits per heavy atom. The van der Waals surface area contributed by atoms with Gasteiger partial charge in [0.2, 0.25) is 0 Å². The van der Waals surface area contributed by atoms with Crippen LogP contribution in [0.25, 0.3) is 0 Å². The number of rotatable bonds is 19. The van der Waals surface area contributed by atoms with Crippen LogP contribution >= 0.6 is 0 Å². The van der Waals surface area contributed by atoms with Gasteiger partial charge < -0.3 is 10.2 Å². The third kappa shape index (κ3) is 11.2. The number of aryl methyl sites for hydroxylation is 1. The topological polar surface area (TPSA) is 57.5 Å². The lowest BCUT2D eigenvalue weighted by molar-refractivity contribution is 0.103. The Balaban J connectivity index is 1.47. The maximum Gasteiger partial charge on any atom is 0.196 e. The van der Waals surface area contributed by atoms with Crippen LogP contribution in [-0.4, -0.2) is 16.0 Å². The van der Waals surface area contributed by atoms with Gasteiger partial charge in [-0.15, -0.1) is 0 Å². The average molecular weight is 467 g/mol. The van der Waals surface area contributed by atoms with Gasteiger partial charge in [-0.3, -0.25) is 4.79 Å². The smallest absolute Gasteiger partial charge is 0.196 e. The van der Waals surface area contributed by atoms with Crippen LogP contribution in [0.2, 0.25) is 0 Å². The number of hydrogen-bond acceptors (Lipinski definition) is 3. The SMILES string of the molecule is CCCCCCCCCCCCCCCCCCc1ccc(C(=O)c2ccc(O)cc2O)cc1. The highest BCUT2D eigenvalue weighted by Crippen LogP contribution is 2.25. The molecule has 34 heavy (non-hydrogen) atoms. The summed E-state index contributed by atoms with van der Waals surface area (Å²) in [4.78, 5) is 12.6. The molecule has 0 aliphatic heterocycles. The van der Waals surface area contributed by atoms with E-state index in [9.17, 15) is 15.0 Å². The van der Waals surface area contributed by atoms with Gasteiger partial charge in [0.05, 0.1) is 5.56 Å². The predicted octanol–water partition coefficient (Wildman–Crippen LogP) is 9.13. The van der Waals surface area contributed by atoms with Crippen LogP contribution in [0.1, 0.15) is 131 Å². The van der Waals surface area contributed by atoms with Crippen LogP contribution < -0.4 is 0 Å². The first-order chi connectivity index (χ1) is 16.6. The fourth-order valence-corrected chi connectivity index (χ4v) is 4.57. The molecule has 0 atom stereocenters. The third-order valence-corrected chi connectivity index (χ3v) is 6.76. The van der Waals surface area contributed by atoms with Gasteiger partial charge in [-0.2, -0.15) is 0 Å². The van der Waals surface area contributed by atoms with Crippen LogP contribution in [0.3, 0.4) is 0 Å². The first kappa shape index (κ1) is 28.0. The number of hydrogen-bond donors (Lipinski definition) is 2. The van der Waals surface area contributed by atoms with Crippen molar-refractivity contribution in [1.29, 1.82) is 0 Å². The van der Waals surface area contributed by atoms with Gasteiger partial charge in [-0.05, 0) is 30.5 Å². The van der Waals surface area contributed by atoms with Crippen LogP contribution in [-0.2, 0) is 6.42 Å². The van der Waals surface area contributed by atoms with E-state index in [1.165, 1.54) is 126 Å². The molecule has 2 rings (SSSR count). The number of unbranched alkanes of at least 4 members (excludes halogenated alkanes) is 15. The normalized spacial score (nSPS) is 11.1. The zero-order valence-electron chi connectivity index (χ0n) is 21.4. The molecule has 0 aliphatic carbocycles. The first-order valence-electron chi connectivity index (χ1n) is 13.8. The summed E-state index contributed by atoms with van der Waals surface area (Å²) in [5, 5.41) is 19.3.